The number of benzene rings is 2. The van der Waals surface area contributed by atoms with Gasteiger partial charge in [0.25, 0.3) is 0 Å². The van der Waals surface area contributed by atoms with Crippen LogP contribution in [0.25, 0.3) is 21.9 Å². The molecule has 2 aromatic carbocycles. The lowest BCUT2D eigenvalue weighted by Crippen LogP contribution is -2.19. The molecule has 3 aromatic rings. The molecule has 2 nitrogen and oxygen atoms in total. The average molecular weight is 288 g/mol. The van der Waals surface area contributed by atoms with Crippen LogP contribution >= 0.6 is 0 Å². The van der Waals surface area contributed by atoms with Crippen molar-refractivity contribution in [2.24, 2.45) is 0 Å². The van der Waals surface area contributed by atoms with Crippen LogP contribution in [0.3, 0.4) is 0 Å². The van der Waals surface area contributed by atoms with E-state index in [-0.39, 0.29) is 23.0 Å². The van der Waals surface area contributed by atoms with Gasteiger partial charge in [-0.05, 0) is 43.9 Å². The Kier molecular flexibility index (Phi) is 2.52. The molecule has 0 radical (unpaired) electrons. The fourth-order valence-electron chi connectivity index (χ4n) is 2.97. The Hall–Kier alpha value is -2.10. The van der Waals surface area contributed by atoms with Crippen molar-refractivity contribution in [2.45, 2.75) is 32.8 Å². The summed E-state index contributed by atoms with van der Waals surface area (Å²) in [6, 6.07) is 5.32. The number of furan rings is 1. The third-order valence-corrected chi connectivity index (χ3v) is 4.18. The molecular formula is C17H14F2O2. The van der Waals surface area contributed by atoms with Crippen molar-refractivity contribution in [2.75, 3.05) is 0 Å². The maximum Gasteiger partial charge on any atom is 0.208 e. The van der Waals surface area contributed by atoms with E-state index in [1.165, 1.54) is 0 Å². The van der Waals surface area contributed by atoms with Gasteiger partial charge in [0.1, 0.15) is 0 Å². The lowest BCUT2D eigenvalue weighted by molar-refractivity contribution is 0.183. The topological polar surface area (TPSA) is 22.4 Å². The molecule has 4 heteroatoms. The average Bonchev–Trinajstić information content (AvgIpc) is 2.84. The Morgan fingerprint density at radius 3 is 2.67 bits per heavy atom. The standard InChI is InChI=1S/C17H14F2O2/c1-8-3-6-11-12-7-10-5-4-9(2)20-15(10)14(19)17(12)21-16(11)13(8)18/h3,6-7,9H,4-5H2,1-2H3. The highest BCUT2D eigenvalue weighted by Gasteiger charge is 2.25. The molecule has 0 spiro atoms. The molecule has 2 heterocycles. The summed E-state index contributed by atoms with van der Waals surface area (Å²) >= 11 is 0. The molecule has 108 valence electrons. The van der Waals surface area contributed by atoms with Crippen molar-refractivity contribution in [1.82, 2.24) is 0 Å². The largest absolute Gasteiger partial charge is 0.487 e. The van der Waals surface area contributed by atoms with Crippen LogP contribution in [0.5, 0.6) is 5.75 Å². The van der Waals surface area contributed by atoms with Gasteiger partial charge in [0.05, 0.1) is 6.10 Å². The van der Waals surface area contributed by atoms with Crippen molar-refractivity contribution in [1.29, 1.82) is 0 Å². The van der Waals surface area contributed by atoms with Gasteiger partial charge in [0, 0.05) is 10.8 Å². The van der Waals surface area contributed by atoms with Gasteiger partial charge in [-0.25, -0.2) is 4.39 Å². The molecule has 0 saturated carbocycles. The second-order valence-corrected chi connectivity index (χ2v) is 5.70. The molecule has 0 aliphatic carbocycles. The SMILES string of the molecule is Cc1ccc2c(oc3c(F)c4c(cc32)CCC(C)O4)c1F. The van der Waals surface area contributed by atoms with Crippen LogP contribution in [-0.4, -0.2) is 6.10 Å². The zero-order valence-electron chi connectivity index (χ0n) is 11.8. The number of halogens is 2. The van der Waals surface area contributed by atoms with E-state index in [1.807, 2.05) is 13.0 Å². The van der Waals surface area contributed by atoms with Crippen molar-refractivity contribution in [3.8, 4) is 5.75 Å². The predicted octanol–water partition coefficient (Wildman–Crippen LogP) is 4.89. The number of hydrogen-bond donors (Lipinski definition) is 0. The molecule has 21 heavy (non-hydrogen) atoms. The van der Waals surface area contributed by atoms with E-state index in [1.54, 1.807) is 19.1 Å². The van der Waals surface area contributed by atoms with E-state index < -0.39 is 11.6 Å². The molecule has 1 aliphatic rings. The van der Waals surface area contributed by atoms with E-state index in [0.29, 0.717) is 16.3 Å². The second kappa shape index (κ2) is 4.20. The quantitative estimate of drug-likeness (QED) is 0.588. The third-order valence-electron chi connectivity index (χ3n) is 4.18. The summed E-state index contributed by atoms with van der Waals surface area (Å²) in [5.74, 6) is -0.713. The van der Waals surface area contributed by atoms with Gasteiger partial charge in [-0.15, -0.1) is 0 Å². The summed E-state index contributed by atoms with van der Waals surface area (Å²) in [4.78, 5) is 0. The number of fused-ring (bicyclic) bond motifs is 4. The Balaban J connectivity index is 2.11. The minimum absolute atomic E-state index is 0.0205. The minimum atomic E-state index is -0.526. The third kappa shape index (κ3) is 1.68. The van der Waals surface area contributed by atoms with Gasteiger partial charge >= 0.3 is 0 Å². The maximum absolute atomic E-state index is 14.7. The number of aryl methyl sites for hydroxylation is 2. The van der Waals surface area contributed by atoms with Crippen LogP contribution in [0.4, 0.5) is 8.78 Å². The normalized spacial score (nSPS) is 18.0. The van der Waals surface area contributed by atoms with Gasteiger partial charge in [-0.3, -0.25) is 0 Å². The molecule has 1 aromatic heterocycles. The van der Waals surface area contributed by atoms with Gasteiger partial charge in [0.15, 0.2) is 22.7 Å². The molecule has 0 bridgehead atoms. The lowest BCUT2D eigenvalue weighted by atomic mass is 9.99. The Bertz CT molecular complexity index is 880. The first-order valence-corrected chi connectivity index (χ1v) is 7.05. The molecule has 0 fully saturated rings. The minimum Gasteiger partial charge on any atom is -0.487 e. The first-order valence-electron chi connectivity index (χ1n) is 7.05. The molecule has 1 aliphatic heterocycles. The molecular weight excluding hydrogens is 274 g/mol. The highest BCUT2D eigenvalue weighted by molar-refractivity contribution is 6.06. The van der Waals surface area contributed by atoms with Crippen molar-refractivity contribution in [3.05, 3.63) is 41.0 Å². The summed E-state index contributed by atoms with van der Waals surface area (Å²) in [5, 5.41) is 1.21. The molecule has 4 rings (SSSR count). The fourth-order valence-corrected chi connectivity index (χ4v) is 2.97. The van der Waals surface area contributed by atoms with E-state index >= 15 is 0 Å². The fraction of sp³-hybridized carbons (Fsp3) is 0.294. The zero-order valence-corrected chi connectivity index (χ0v) is 11.8. The van der Waals surface area contributed by atoms with E-state index in [0.717, 1.165) is 18.4 Å². The van der Waals surface area contributed by atoms with E-state index in [4.69, 9.17) is 9.15 Å². The Morgan fingerprint density at radius 2 is 1.86 bits per heavy atom. The molecule has 1 unspecified atom stereocenters. The summed E-state index contributed by atoms with van der Waals surface area (Å²) in [7, 11) is 0. The molecule has 0 N–H and O–H groups in total. The highest BCUT2D eigenvalue weighted by Crippen LogP contribution is 2.40. The van der Waals surface area contributed by atoms with Gasteiger partial charge in [-0.1, -0.05) is 12.1 Å². The Labute approximate surface area is 120 Å². The summed E-state index contributed by atoms with van der Waals surface area (Å²) in [6.07, 6.45) is 1.58. The van der Waals surface area contributed by atoms with Crippen molar-refractivity contribution < 1.29 is 17.9 Å². The molecule has 1 atom stereocenters. The Morgan fingerprint density at radius 1 is 1.10 bits per heavy atom. The second-order valence-electron chi connectivity index (χ2n) is 5.70. The number of ether oxygens (including phenoxy) is 1. The number of rotatable bonds is 0. The first-order chi connectivity index (χ1) is 10.1. The van der Waals surface area contributed by atoms with Gasteiger partial charge < -0.3 is 9.15 Å². The van der Waals surface area contributed by atoms with E-state index in [2.05, 4.69) is 0 Å². The molecule has 0 saturated heterocycles. The van der Waals surface area contributed by atoms with Gasteiger partial charge in [-0.2, -0.15) is 4.39 Å². The smallest absolute Gasteiger partial charge is 0.208 e. The summed E-state index contributed by atoms with van der Waals surface area (Å²) < 4.78 is 39.9. The monoisotopic (exact) mass is 288 g/mol. The predicted molar refractivity (Wildman–Crippen MR) is 76.8 cm³/mol. The van der Waals surface area contributed by atoms with Crippen LogP contribution < -0.4 is 4.74 Å². The molecule has 0 amide bonds. The van der Waals surface area contributed by atoms with Crippen LogP contribution in [0.2, 0.25) is 0 Å². The van der Waals surface area contributed by atoms with E-state index in [9.17, 15) is 8.78 Å². The van der Waals surface area contributed by atoms with Crippen LogP contribution in [0.15, 0.2) is 22.6 Å². The van der Waals surface area contributed by atoms with Crippen LogP contribution in [-0.2, 0) is 6.42 Å². The highest BCUT2D eigenvalue weighted by atomic mass is 19.1. The summed E-state index contributed by atoms with van der Waals surface area (Å²) in [5.41, 5.74) is 1.49. The first kappa shape index (κ1) is 12.6. The van der Waals surface area contributed by atoms with Crippen LogP contribution in [0.1, 0.15) is 24.5 Å². The van der Waals surface area contributed by atoms with Crippen molar-refractivity contribution >= 4 is 21.9 Å². The van der Waals surface area contributed by atoms with Crippen molar-refractivity contribution in [3.63, 3.8) is 0 Å². The maximum atomic E-state index is 14.7. The summed E-state index contributed by atoms with van der Waals surface area (Å²) in [6.45, 7) is 3.57. The van der Waals surface area contributed by atoms with Gasteiger partial charge in [0.2, 0.25) is 5.82 Å². The lowest BCUT2D eigenvalue weighted by Gasteiger charge is -2.23. The number of hydrogen-bond acceptors (Lipinski definition) is 2. The van der Waals surface area contributed by atoms with Crippen LogP contribution in [0, 0.1) is 18.6 Å². The zero-order chi connectivity index (χ0) is 14.7.